The van der Waals surface area contributed by atoms with Gasteiger partial charge < -0.3 is 10.4 Å². The molecule has 0 fully saturated rings. The van der Waals surface area contributed by atoms with Gasteiger partial charge in [0.2, 0.25) is 0 Å². The monoisotopic (exact) mass is 504 g/mol. The minimum Gasteiger partial charge on any atom is -0.507 e. The van der Waals surface area contributed by atoms with E-state index in [1.54, 1.807) is 42.5 Å². The van der Waals surface area contributed by atoms with Crippen molar-refractivity contribution in [2.45, 2.75) is 16.2 Å². The van der Waals surface area contributed by atoms with E-state index in [0.29, 0.717) is 16.3 Å². The lowest BCUT2D eigenvalue weighted by molar-refractivity contribution is 0.102. The molecule has 0 bridgehead atoms. The quantitative estimate of drug-likeness (QED) is 0.310. The third kappa shape index (κ3) is 4.43. The van der Waals surface area contributed by atoms with E-state index in [2.05, 4.69) is 26.2 Å². The number of aryl methyl sites for hydroxylation is 1. The Kier molecular flexibility index (Phi) is 5.83. The number of para-hydroxylation sites is 1. The summed E-state index contributed by atoms with van der Waals surface area (Å²) in [4.78, 5) is 18.0. The van der Waals surface area contributed by atoms with Crippen molar-refractivity contribution >= 4 is 72.4 Å². The molecule has 1 amide bonds. The highest BCUT2D eigenvalue weighted by Crippen LogP contribution is 2.38. The Balaban J connectivity index is 1.53. The van der Waals surface area contributed by atoms with E-state index >= 15 is 0 Å². The summed E-state index contributed by atoms with van der Waals surface area (Å²) in [5, 5.41) is 13.5. The van der Waals surface area contributed by atoms with Crippen molar-refractivity contribution in [3.63, 3.8) is 0 Å². The number of carbonyl (C=O) groups excluding carboxylic acids is 1. The molecule has 1 heterocycles. The molecule has 0 spiro atoms. The number of anilines is 1. The van der Waals surface area contributed by atoms with Gasteiger partial charge in [-0.15, -0.1) is 11.3 Å². The van der Waals surface area contributed by atoms with Crippen molar-refractivity contribution < 1.29 is 9.90 Å². The van der Waals surface area contributed by atoms with Gasteiger partial charge >= 0.3 is 0 Å². The number of phenols is 1. The second kappa shape index (κ2) is 8.36. The zero-order chi connectivity index (χ0) is 20.5. The maximum absolute atomic E-state index is 12.6. The Morgan fingerprint density at radius 2 is 2.00 bits per heavy atom. The van der Waals surface area contributed by atoms with Crippen LogP contribution in [0.2, 0.25) is 5.02 Å². The number of fused-ring (bicyclic) bond motifs is 1. The van der Waals surface area contributed by atoms with Gasteiger partial charge in [0.15, 0.2) is 4.34 Å². The number of hydrogen-bond acceptors (Lipinski definition) is 5. The van der Waals surface area contributed by atoms with Gasteiger partial charge in [0, 0.05) is 15.1 Å². The summed E-state index contributed by atoms with van der Waals surface area (Å²) >= 11 is 12.9. The predicted molar refractivity (Wildman–Crippen MR) is 124 cm³/mol. The number of rotatable bonds is 4. The first kappa shape index (κ1) is 20.2. The van der Waals surface area contributed by atoms with Crippen molar-refractivity contribution in [2.75, 3.05) is 5.32 Å². The summed E-state index contributed by atoms with van der Waals surface area (Å²) in [6.07, 6.45) is 0. The highest BCUT2D eigenvalue weighted by molar-refractivity contribution is 9.10. The lowest BCUT2D eigenvalue weighted by Gasteiger charge is -2.10. The molecular formula is C21H14BrClN2O2S2. The number of nitrogens with zero attached hydrogens (tertiary/aromatic N) is 1. The van der Waals surface area contributed by atoms with Gasteiger partial charge in [-0.3, -0.25) is 4.79 Å². The van der Waals surface area contributed by atoms with Gasteiger partial charge in [-0.05, 0) is 55.0 Å². The SMILES string of the molecule is Cc1cc(Br)cc(C(=O)Nc2ccc(Sc3nc4ccccc4s3)c(Cl)c2)c1O. The first-order valence-corrected chi connectivity index (χ1v) is 11.3. The third-order valence-electron chi connectivity index (χ3n) is 4.17. The average molecular weight is 506 g/mol. The van der Waals surface area contributed by atoms with E-state index in [0.717, 1.165) is 23.9 Å². The van der Waals surface area contributed by atoms with E-state index in [-0.39, 0.29) is 11.3 Å². The van der Waals surface area contributed by atoms with E-state index in [4.69, 9.17) is 11.6 Å². The van der Waals surface area contributed by atoms with E-state index in [9.17, 15) is 9.90 Å². The van der Waals surface area contributed by atoms with Crippen LogP contribution in [0.4, 0.5) is 5.69 Å². The van der Waals surface area contributed by atoms with Crippen LogP contribution in [0.15, 0.2) is 68.3 Å². The Bertz CT molecular complexity index is 1210. The van der Waals surface area contributed by atoms with Crippen molar-refractivity contribution in [1.29, 1.82) is 0 Å². The third-order valence-corrected chi connectivity index (χ3v) is 7.23. The Hall–Kier alpha value is -2.06. The number of nitrogens with one attached hydrogen (secondary N) is 1. The molecule has 146 valence electrons. The molecule has 0 radical (unpaired) electrons. The van der Waals surface area contributed by atoms with Crippen LogP contribution in [0.25, 0.3) is 10.2 Å². The second-order valence-electron chi connectivity index (χ2n) is 6.27. The fourth-order valence-electron chi connectivity index (χ4n) is 2.76. The average Bonchev–Trinajstić information content (AvgIpc) is 3.09. The predicted octanol–water partition coefficient (Wildman–Crippen LogP) is 7.13. The number of benzene rings is 3. The fourth-order valence-corrected chi connectivity index (χ4v) is 5.65. The summed E-state index contributed by atoms with van der Waals surface area (Å²) in [5.74, 6) is -0.450. The van der Waals surface area contributed by atoms with Gasteiger partial charge in [0.25, 0.3) is 5.91 Å². The smallest absolute Gasteiger partial charge is 0.259 e. The first-order valence-electron chi connectivity index (χ1n) is 8.54. The molecule has 0 atom stereocenters. The lowest BCUT2D eigenvalue weighted by Crippen LogP contribution is -2.12. The summed E-state index contributed by atoms with van der Waals surface area (Å²) in [5.41, 5.74) is 2.32. The maximum Gasteiger partial charge on any atom is 0.259 e. The van der Waals surface area contributed by atoms with Crippen LogP contribution < -0.4 is 5.32 Å². The largest absolute Gasteiger partial charge is 0.507 e. The minimum absolute atomic E-state index is 0.0418. The van der Waals surface area contributed by atoms with Crippen molar-refractivity contribution in [2.24, 2.45) is 0 Å². The van der Waals surface area contributed by atoms with Crippen molar-refractivity contribution in [3.05, 3.63) is 75.2 Å². The van der Waals surface area contributed by atoms with Crippen LogP contribution in [-0.2, 0) is 0 Å². The van der Waals surface area contributed by atoms with Crippen LogP contribution in [0.5, 0.6) is 5.75 Å². The molecule has 0 saturated heterocycles. The van der Waals surface area contributed by atoms with Crippen LogP contribution in [0.1, 0.15) is 15.9 Å². The molecule has 29 heavy (non-hydrogen) atoms. The van der Waals surface area contributed by atoms with Crippen LogP contribution >= 0.6 is 50.6 Å². The number of thiazole rings is 1. The summed E-state index contributed by atoms with van der Waals surface area (Å²) in [6.45, 7) is 1.74. The zero-order valence-electron chi connectivity index (χ0n) is 15.1. The zero-order valence-corrected chi connectivity index (χ0v) is 19.0. The summed E-state index contributed by atoms with van der Waals surface area (Å²) in [6, 6.07) is 16.6. The standard InChI is InChI=1S/C21H14BrClN2O2S2/c1-11-8-12(22)9-14(19(11)26)20(27)24-13-6-7-17(15(23)10-13)28-21-25-16-4-2-3-5-18(16)29-21/h2-10,26H,1H3,(H,24,27). The van der Waals surface area contributed by atoms with Crippen molar-refractivity contribution in [1.82, 2.24) is 4.98 Å². The van der Waals surface area contributed by atoms with Gasteiger partial charge in [-0.2, -0.15) is 0 Å². The first-order chi connectivity index (χ1) is 13.9. The molecule has 0 saturated carbocycles. The molecule has 1 aromatic heterocycles. The Labute approximate surface area is 189 Å². The molecule has 0 aliphatic rings. The van der Waals surface area contributed by atoms with E-state index in [1.165, 1.54) is 11.8 Å². The molecule has 4 nitrogen and oxygen atoms in total. The maximum atomic E-state index is 12.6. The second-order valence-corrected chi connectivity index (χ2v) is 9.91. The number of hydrogen-bond donors (Lipinski definition) is 2. The minimum atomic E-state index is -0.408. The summed E-state index contributed by atoms with van der Waals surface area (Å²) in [7, 11) is 0. The van der Waals surface area contributed by atoms with Crippen LogP contribution in [0, 0.1) is 6.92 Å². The molecule has 3 aromatic carbocycles. The van der Waals surface area contributed by atoms with Crippen LogP contribution in [0.3, 0.4) is 0 Å². The summed E-state index contributed by atoms with van der Waals surface area (Å²) < 4.78 is 2.75. The van der Waals surface area contributed by atoms with Gasteiger partial charge in [0.1, 0.15) is 5.75 Å². The highest BCUT2D eigenvalue weighted by atomic mass is 79.9. The Morgan fingerprint density at radius 1 is 1.21 bits per heavy atom. The Morgan fingerprint density at radius 3 is 2.76 bits per heavy atom. The van der Waals surface area contributed by atoms with Crippen molar-refractivity contribution in [3.8, 4) is 5.75 Å². The molecule has 2 N–H and O–H groups in total. The molecule has 0 aliphatic heterocycles. The number of aromatic hydroxyl groups is 1. The van der Waals surface area contributed by atoms with E-state index in [1.807, 2.05) is 30.3 Å². The molecule has 4 aromatic rings. The van der Waals surface area contributed by atoms with Crippen LogP contribution in [-0.4, -0.2) is 16.0 Å². The highest BCUT2D eigenvalue weighted by Gasteiger charge is 2.15. The number of halogens is 2. The number of phenolic OH excluding ortho intramolecular Hbond substituents is 1. The lowest BCUT2D eigenvalue weighted by atomic mass is 10.1. The molecule has 0 aliphatic carbocycles. The van der Waals surface area contributed by atoms with E-state index < -0.39 is 5.91 Å². The number of aromatic nitrogens is 1. The molecule has 4 rings (SSSR count). The molecule has 8 heteroatoms. The number of amides is 1. The van der Waals surface area contributed by atoms with Gasteiger partial charge in [0.05, 0.1) is 20.8 Å². The number of carbonyl (C=O) groups is 1. The fraction of sp³-hybridized carbons (Fsp3) is 0.0476. The van der Waals surface area contributed by atoms with Gasteiger partial charge in [-0.25, -0.2) is 4.98 Å². The molecular weight excluding hydrogens is 492 g/mol. The van der Waals surface area contributed by atoms with Gasteiger partial charge in [-0.1, -0.05) is 51.4 Å². The molecule has 0 unspecified atom stereocenters. The topological polar surface area (TPSA) is 62.2 Å². The normalized spacial score (nSPS) is 11.0.